The summed E-state index contributed by atoms with van der Waals surface area (Å²) in [4.78, 5) is 11.5. The fourth-order valence-corrected chi connectivity index (χ4v) is 1.16. The van der Waals surface area contributed by atoms with Gasteiger partial charge in [-0.1, -0.05) is 6.92 Å². The van der Waals surface area contributed by atoms with Crippen LogP contribution < -0.4 is 5.56 Å². The van der Waals surface area contributed by atoms with E-state index < -0.39 is 0 Å². The summed E-state index contributed by atoms with van der Waals surface area (Å²) in [5, 5.41) is 17.5. The van der Waals surface area contributed by atoms with Crippen LogP contribution in [-0.2, 0) is 6.54 Å². The van der Waals surface area contributed by atoms with E-state index in [2.05, 4.69) is 0 Å². The topological polar surface area (TPSA) is 66.0 Å². The van der Waals surface area contributed by atoms with E-state index in [1.54, 1.807) is 12.3 Å². The van der Waals surface area contributed by atoms with Crippen LogP contribution in [0, 0.1) is 17.2 Å². The van der Waals surface area contributed by atoms with E-state index in [1.807, 2.05) is 13.0 Å². The Bertz CT molecular complexity index is 403. The zero-order valence-corrected chi connectivity index (χ0v) is 7.97. The number of hydrogen-bond donors (Lipinski definition) is 1. The fraction of sp³-hybridized carbons (Fsp3) is 0.400. The van der Waals surface area contributed by atoms with Gasteiger partial charge in [0, 0.05) is 19.3 Å². The van der Waals surface area contributed by atoms with E-state index >= 15 is 0 Å². The van der Waals surface area contributed by atoms with Gasteiger partial charge in [-0.15, -0.1) is 0 Å². The number of pyridine rings is 1. The van der Waals surface area contributed by atoms with Gasteiger partial charge >= 0.3 is 0 Å². The third-order valence-corrected chi connectivity index (χ3v) is 1.96. The SMILES string of the molecule is CC(CO)Cn1cccc(C#N)c1=O. The van der Waals surface area contributed by atoms with Gasteiger partial charge in [0.15, 0.2) is 0 Å². The molecule has 1 atom stereocenters. The van der Waals surface area contributed by atoms with E-state index in [9.17, 15) is 4.79 Å². The Morgan fingerprint density at radius 1 is 1.71 bits per heavy atom. The fourth-order valence-electron chi connectivity index (χ4n) is 1.16. The van der Waals surface area contributed by atoms with Crippen molar-refractivity contribution in [2.24, 2.45) is 5.92 Å². The number of aliphatic hydroxyl groups excluding tert-OH is 1. The largest absolute Gasteiger partial charge is 0.396 e. The van der Waals surface area contributed by atoms with Crippen molar-refractivity contribution in [1.29, 1.82) is 5.26 Å². The Morgan fingerprint density at radius 3 is 3.00 bits per heavy atom. The van der Waals surface area contributed by atoms with Crippen LogP contribution >= 0.6 is 0 Å². The summed E-state index contributed by atoms with van der Waals surface area (Å²) < 4.78 is 1.44. The Kier molecular flexibility index (Phi) is 3.43. The van der Waals surface area contributed by atoms with Crippen LogP contribution in [0.15, 0.2) is 23.1 Å². The van der Waals surface area contributed by atoms with Gasteiger partial charge < -0.3 is 9.67 Å². The average molecular weight is 192 g/mol. The van der Waals surface area contributed by atoms with E-state index in [1.165, 1.54) is 10.6 Å². The van der Waals surface area contributed by atoms with Gasteiger partial charge in [-0.3, -0.25) is 4.79 Å². The molecule has 0 bridgehead atoms. The molecule has 0 amide bonds. The second-order valence-corrected chi connectivity index (χ2v) is 3.28. The average Bonchev–Trinajstić information content (AvgIpc) is 2.21. The van der Waals surface area contributed by atoms with Gasteiger partial charge in [-0.25, -0.2) is 0 Å². The predicted octanol–water partition coefficient (Wildman–Crippen LogP) is 0.348. The van der Waals surface area contributed by atoms with Crippen LogP contribution in [0.5, 0.6) is 0 Å². The zero-order chi connectivity index (χ0) is 10.6. The van der Waals surface area contributed by atoms with Crippen molar-refractivity contribution in [1.82, 2.24) is 4.57 Å². The Hall–Kier alpha value is -1.60. The van der Waals surface area contributed by atoms with E-state index in [-0.39, 0.29) is 23.6 Å². The summed E-state index contributed by atoms with van der Waals surface area (Å²) in [6.07, 6.45) is 1.62. The van der Waals surface area contributed by atoms with Crippen LogP contribution in [0.1, 0.15) is 12.5 Å². The molecule has 1 unspecified atom stereocenters. The number of aliphatic hydroxyl groups is 1. The third-order valence-electron chi connectivity index (χ3n) is 1.96. The monoisotopic (exact) mass is 192 g/mol. The molecule has 0 aliphatic heterocycles. The maximum atomic E-state index is 11.5. The molecule has 1 N–H and O–H groups in total. The lowest BCUT2D eigenvalue weighted by Crippen LogP contribution is -2.25. The molecular weight excluding hydrogens is 180 g/mol. The minimum atomic E-state index is -0.296. The molecule has 1 heterocycles. The minimum Gasteiger partial charge on any atom is -0.396 e. The highest BCUT2D eigenvalue weighted by Crippen LogP contribution is 1.97. The maximum absolute atomic E-state index is 11.5. The first-order chi connectivity index (χ1) is 6.69. The van der Waals surface area contributed by atoms with Crippen molar-refractivity contribution in [3.63, 3.8) is 0 Å². The smallest absolute Gasteiger partial charge is 0.268 e. The Balaban J connectivity index is 3.00. The van der Waals surface area contributed by atoms with E-state index in [4.69, 9.17) is 10.4 Å². The van der Waals surface area contributed by atoms with Gasteiger partial charge in [-0.05, 0) is 18.1 Å². The molecule has 14 heavy (non-hydrogen) atoms. The number of aromatic nitrogens is 1. The molecule has 0 spiro atoms. The lowest BCUT2D eigenvalue weighted by molar-refractivity contribution is 0.222. The molecule has 0 radical (unpaired) electrons. The van der Waals surface area contributed by atoms with Gasteiger partial charge in [0.1, 0.15) is 11.6 Å². The molecule has 0 aromatic carbocycles. The molecule has 1 aromatic heterocycles. The van der Waals surface area contributed by atoms with Gasteiger partial charge in [0.05, 0.1) is 0 Å². The summed E-state index contributed by atoms with van der Waals surface area (Å²) in [5.41, 5.74) is -0.159. The lowest BCUT2D eigenvalue weighted by atomic mass is 10.2. The van der Waals surface area contributed by atoms with E-state index in [0.29, 0.717) is 6.54 Å². The van der Waals surface area contributed by atoms with Crippen molar-refractivity contribution in [2.45, 2.75) is 13.5 Å². The number of nitrogens with zero attached hydrogens (tertiary/aromatic N) is 2. The molecule has 0 aliphatic carbocycles. The third kappa shape index (κ3) is 2.21. The summed E-state index contributed by atoms with van der Waals surface area (Å²) in [6.45, 7) is 2.31. The highest BCUT2D eigenvalue weighted by Gasteiger charge is 2.05. The normalized spacial score (nSPS) is 12.1. The Labute approximate surface area is 82.0 Å². The molecule has 1 aromatic rings. The maximum Gasteiger partial charge on any atom is 0.268 e. The van der Waals surface area contributed by atoms with Crippen LogP contribution in [-0.4, -0.2) is 16.3 Å². The van der Waals surface area contributed by atoms with Gasteiger partial charge in [-0.2, -0.15) is 5.26 Å². The molecule has 0 saturated heterocycles. The minimum absolute atomic E-state index is 0.0154. The van der Waals surface area contributed by atoms with Crippen molar-refractivity contribution in [2.75, 3.05) is 6.61 Å². The van der Waals surface area contributed by atoms with E-state index in [0.717, 1.165) is 0 Å². The van der Waals surface area contributed by atoms with Crippen LogP contribution in [0.25, 0.3) is 0 Å². The predicted molar refractivity (Wildman–Crippen MR) is 51.7 cm³/mol. The standard InChI is InChI=1S/C10H12N2O2/c1-8(7-13)6-12-4-2-3-9(5-11)10(12)14/h2-4,8,13H,6-7H2,1H3. The molecule has 0 saturated carbocycles. The van der Waals surface area contributed by atoms with Gasteiger partial charge in [0.25, 0.3) is 5.56 Å². The first-order valence-corrected chi connectivity index (χ1v) is 4.39. The summed E-state index contributed by atoms with van der Waals surface area (Å²) in [5.74, 6) is 0.0154. The van der Waals surface area contributed by atoms with Gasteiger partial charge in [0.2, 0.25) is 0 Å². The number of rotatable bonds is 3. The highest BCUT2D eigenvalue weighted by molar-refractivity contribution is 5.24. The van der Waals surface area contributed by atoms with Crippen molar-refractivity contribution >= 4 is 0 Å². The van der Waals surface area contributed by atoms with Crippen LogP contribution in [0.4, 0.5) is 0 Å². The number of nitriles is 1. The number of hydrogen-bond acceptors (Lipinski definition) is 3. The second-order valence-electron chi connectivity index (χ2n) is 3.28. The van der Waals surface area contributed by atoms with Crippen LogP contribution in [0.3, 0.4) is 0 Å². The van der Waals surface area contributed by atoms with Crippen molar-refractivity contribution in [3.05, 3.63) is 34.2 Å². The molecule has 74 valence electrons. The Morgan fingerprint density at radius 2 is 2.43 bits per heavy atom. The summed E-state index contributed by atoms with van der Waals surface area (Å²) in [6, 6.07) is 4.98. The molecule has 4 nitrogen and oxygen atoms in total. The van der Waals surface area contributed by atoms with Crippen molar-refractivity contribution < 1.29 is 5.11 Å². The molecular formula is C10H12N2O2. The van der Waals surface area contributed by atoms with Crippen molar-refractivity contribution in [3.8, 4) is 6.07 Å². The molecule has 0 fully saturated rings. The molecule has 0 aliphatic rings. The quantitative estimate of drug-likeness (QED) is 0.751. The first kappa shape index (κ1) is 10.5. The second kappa shape index (κ2) is 4.58. The zero-order valence-electron chi connectivity index (χ0n) is 7.97. The summed E-state index contributed by atoms with van der Waals surface area (Å²) in [7, 11) is 0. The van der Waals surface area contributed by atoms with Crippen LogP contribution in [0.2, 0.25) is 0 Å². The summed E-state index contributed by atoms with van der Waals surface area (Å²) >= 11 is 0. The molecule has 4 heteroatoms. The lowest BCUT2D eigenvalue weighted by Gasteiger charge is -2.09. The highest BCUT2D eigenvalue weighted by atomic mass is 16.3. The first-order valence-electron chi connectivity index (χ1n) is 4.39. The molecule has 1 rings (SSSR count).